The van der Waals surface area contributed by atoms with E-state index in [1.165, 1.54) is 6.20 Å². The van der Waals surface area contributed by atoms with E-state index in [0.29, 0.717) is 28.3 Å². The maximum atomic E-state index is 11.8. The monoisotopic (exact) mass is 397 g/mol. The van der Waals surface area contributed by atoms with Crippen molar-refractivity contribution in [2.75, 3.05) is 7.05 Å². The van der Waals surface area contributed by atoms with Crippen molar-refractivity contribution in [3.63, 3.8) is 0 Å². The Hall–Kier alpha value is -3.16. The van der Waals surface area contributed by atoms with E-state index >= 15 is 0 Å². The maximum Gasteiger partial charge on any atom is 0.325 e. The smallest absolute Gasteiger partial charge is 0.325 e. The first-order chi connectivity index (χ1) is 13.4. The number of carbonyl (C=O) groups is 1. The molecular weight excluding hydrogens is 378 g/mol. The van der Waals surface area contributed by atoms with E-state index in [1.54, 1.807) is 24.1 Å². The molecule has 0 aliphatic rings. The Balaban J connectivity index is 1.97. The van der Waals surface area contributed by atoms with Gasteiger partial charge in [0.05, 0.1) is 5.02 Å². The van der Waals surface area contributed by atoms with Crippen LogP contribution in [0.1, 0.15) is 17.2 Å². The SMILES string of the molecule is CN(Cc1ccc2c(Cl)cnc(N=C(N)N)c2c1)C(C(=O)O)c1ccccc1. The molecular formula is C20H20ClN5O2. The number of fused-ring (bicyclic) bond motifs is 1. The van der Waals surface area contributed by atoms with E-state index < -0.39 is 12.0 Å². The number of aliphatic carboxylic acids is 1. The highest BCUT2D eigenvalue weighted by Crippen LogP contribution is 2.31. The van der Waals surface area contributed by atoms with Gasteiger partial charge in [-0.05, 0) is 24.2 Å². The minimum atomic E-state index is -0.916. The van der Waals surface area contributed by atoms with Gasteiger partial charge in [-0.3, -0.25) is 9.69 Å². The summed E-state index contributed by atoms with van der Waals surface area (Å²) in [5, 5.41) is 11.7. The quantitative estimate of drug-likeness (QED) is 0.434. The Morgan fingerprint density at radius 2 is 1.93 bits per heavy atom. The van der Waals surface area contributed by atoms with Crippen LogP contribution in [-0.2, 0) is 11.3 Å². The van der Waals surface area contributed by atoms with E-state index in [-0.39, 0.29) is 5.96 Å². The third-order valence-electron chi connectivity index (χ3n) is 4.34. The van der Waals surface area contributed by atoms with Crippen molar-refractivity contribution in [2.24, 2.45) is 16.5 Å². The number of pyridine rings is 1. The van der Waals surface area contributed by atoms with Gasteiger partial charge in [-0.25, -0.2) is 4.98 Å². The molecule has 1 heterocycles. The Kier molecular flexibility index (Phi) is 5.77. The molecule has 28 heavy (non-hydrogen) atoms. The maximum absolute atomic E-state index is 11.8. The molecule has 8 heteroatoms. The summed E-state index contributed by atoms with van der Waals surface area (Å²) in [7, 11) is 1.77. The molecule has 0 radical (unpaired) electrons. The first-order valence-electron chi connectivity index (χ1n) is 8.51. The molecule has 1 atom stereocenters. The van der Waals surface area contributed by atoms with E-state index in [2.05, 4.69) is 9.98 Å². The molecule has 7 nitrogen and oxygen atoms in total. The zero-order chi connectivity index (χ0) is 20.3. The Labute approximate surface area is 167 Å². The van der Waals surface area contributed by atoms with Gasteiger partial charge in [0.1, 0.15) is 6.04 Å². The summed E-state index contributed by atoms with van der Waals surface area (Å²) in [5.41, 5.74) is 12.6. The summed E-state index contributed by atoms with van der Waals surface area (Å²) in [6, 6.07) is 14.0. The van der Waals surface area contributed by atoms with Gasteiger partial charge in [-0.15, -0.1) is 0 Å². The Morgan fingerprint density at radius 3 is 2.57 bits per heavy atom. The second-order valence-corrected chi connectivity index (χ2v) is 6.82. The number of aliphatic imine (C=N–C) groups is 1. The molecule has 0 bridgehead atoms. The Morgan fingerprint density at radius 1 is 1.21 bits per heavy atom. The summed E-state index contributed by atoms with van der Waals surface area (Å²) in [5.74, 6) is -0.657. The predicted octanol–water partition coefficient (Wildman–Crippen LogP) is 3.05. The summed E-state index contributed by atoms with van der Waals surface area (Å²) in [6.07, 6.45) is 1.49. The lowest BCUT2D eigenvalue weighted by Gasteiger charge is -2.25. The van der Waals surface area contributed by atoms with E-state index in [9.17, 15) is 9.90 Å². The van der Waals surface area contributed by atoms with Crippen LogP contribution in [0.2, 0.25) is 5.02 Å². The second-order valence-electron chi connectivity index (χ2n) is 6.41. The van der Waals surface area contributed by atoms with Crippen LogP contribution in [-0.4, -0.2) is 34.0 Å². The molecule has 0 spiro atoms. The van der Waals surface area contributed by atoms with Crippen LogP contribution in [0.25, 0.3) is 10.8 Å². The number of nitrogens with zero attached hydrogens (tertiary/aromatic N) is 3. The average molecular weight is 398 g/mol. The molecule has 3 aromatic rings. The van der Waals surface area contributed by atoms with Crippen molar-refractivity contribution in [3.05, 3.63) is 70.9 Å². The molecule has 0 aliphatic carbocycles. The summed E-state index contributed by atoms with van der Waals surface area (Å²) >= 11 is 6.23. The molecule has 2 aromatic carbocycles. The minimum Gasteiger partial charge on any atom is -0.480 e. The number of likely N-dealkylation sites (N-methyl/N-ethyl adjacent to an activating group) is 1. The third-order valence-corrected chi connectivity index (χ3v) is 4.64. The van der Waals surface area contributed by atoms with Gasteiger partial charge >= 0.3 is 5.97 Å². The molecule has 0 saturated carbocycles. The van der Waals surface area contributed by atoms with Crippen LogP contribution in [0.15, 0.2) is 59.7 Å². The highest BCUT2D eigenvalue weighted by molar-refractivity contribution is 6.35. The van der Waals surface area contributed by atoms with E-state index in [1.807, 2.05) is 36.4 Å². The summed E-state index contributed by atoms with van der Waals surface area (Å²) in [4.78, 5) is 21.9. The topological polar surface area (TPSA) is 118 Å². The van der Waals surface area contributed by atoms with Gasteiger partial charge < -0.3 is 16.6 Å². The standard InChI is InChI=1S/C20H20ClN5O2/c1-26(17(19(27)28)13-5-3-2-4-6-13)11-12-7-8-14-15(9-12)18(25-20(22)23)24-10-16(14)21/h2-10,17H,11H2,1H3,(H,27,28)(H4,22,23,24,25). The van der Waals surface area contributed by atoms with Gasteiger partial charge in [-0.2, -0.15) is 4.99 Å². The van der Waals surface area contributed by atoms with E-state index in [4.69, 9.17) is 23.1 Å². The molecule has 1 unspecified atom stereocenters. The number of hydrogen-bond acceptors (Lipinski definition) is 4. The van der Waals surface area contributed by atoms with Crippen molar-refractivity contribution in [1.82, 2.24) is 9.88 Å². The fraction of sp³-hybridized carbons (Fsp3) is 0.150. The van der Waals surface area contributed by atoms with E-state index in [0.717, 1.165) is 10.9 Å². The van der Waals surface area contributed by atoms with Crippen LogP contribution in [0.3, 0.4) is 0 Å². The molecule has 0 saturated heterocycles. The molecule has 0 amide bonds. The number of rotatable bonds is 6. The first kappa shape index (κ1) is 19.6. The number of halogens is 1. The second kappa shape index (κ2) is 8.24. The molecule has 144 valence electrons. The van der Waals surface area contributed by atoms with Gasteiger partial charge in [0.15, 0.2) is 11.8 Å². The van der Waals surface area contributed by atoms with Gasteiger partial charge in [0.25, 0.3) is 0 Å². The van der Waals surface area contributed by atoms with Gasteiger partial charge in [0.2, 0.25) is 0 Å². The zero-order valence-electron chi connectivity index (χ0n) is 15.2. The van der Waals surface area contributed by atoms with Crippen LogP contribution in [0.5, 0.6) is 0 Å². The van der Waals surface area contributed by atoms with Crippen molar-refractivity contribution in [1.29, 1.82) is 0 Å². The number of hydrogen-bond donors (Lipinski definition) is 3. The predicted molar refractivity (Wildman–Crippen MR) is 111 cm³/mol. The number of carboxylic acid groups (broad SMARTS) is 1. The molecule has 0 fully saturated rings. The lowest BCUT2D eigenvalue weighted by Crippen LogP contribution is -2.30. The van der Waals surface area contributed by atoms with Crippen molar-refractivity contribution < 1.29 is 9.90 Å². The van der Waals surface area contributed by atoms with Crippen LogP contribution < -0.4 is 11.5 Å². The lowest BCUT2D eigenvalue weighted by atomic mass is 10.0. The number of carboxylic acids is 1. The van der Waals surface area contributed by atoms with Crippen molar-refractivity contribution >= 4 is 40.1 Å². The zero-order valence-corrected chi connectivity index (χ0v) is 16.0. The van der Waals surface area contributed by atoms with Gasteiger partial charge in [-0.1, -0.05) is 54.1 Å². The molecule has 3 rings (SSSR count). The Bertz CT molecular complexity index is 1040. The van der Waals surface area contributed by atoms with Crippen LogP contribution in [0.4, 0.5) is 5.82 Å². The normalized spacial score (nSPS) is 12.1. The molecule has 5 N–H and O–H groups in total. The molecule has 1 aromatic heterocycles. The first-order valence-corrected chi connectivity index (χ1v) is 8.89. The minimum absolute atomic E-state index is 0.103. The van der Waals surface area contributed by atoms with Crippen LogP contribution >= 0.6 is 11.6 Å². The fourth-order valence-corrected chi connectivity index (χ4v) is 3.37. The largest absolute Gasteiger partial charge is 0.480 e. The number of guanidine groups is 1. The highest BCUT2D eigenvalue weighted by atomic mass is 35.5. The van der Waals surface area contributed by atoms with Crippen molar-refractivity contribution in [3.8, 4) is 0 Å². The highest BCUT2D eigenvalue weighted by Gasteiger charge is 2.24. The lowest BCUT2D eigenvalue weighted by molar-refractivity contribution is -0.143. The van der Waals surface area contributed by atoms with Gasteiger partial charge in [0, 0.05) is 23.5 Å². The summed E-state index contributed by atoms with van der Waals surface area (Å²) in [6.45, 7) is 0.398. The fourth-order valence-electron chi connectivity index (χ4n) is 3.15. The van der Waals surface area contributed by atoms with Crippen LogP contribution in [0, 0.1) is 0 Å². The number of aromatic nitrogens is 1. The van der Waals surface area contributed by atoms with Crippen molar-refractivity contribution in [2.45, 2.75) is 12.6 Å². The average Bonchev–Trinajstić information content (AvgIpc) is 2.64. The number of benzene rings is 2. The summed E-state index contributed by atoms with van der Waals surface area (Å²) < 4.78 is 0. The third kappa shape index (κ3) is 4.21. The molecule has 0 aliphatic heterocycles. The number of nitrogens with two attached hydrogens (primary N) is 2.